The van der Waals surface area contributed by atoms with Crippen LogP contribution in [0.1, 0.15) is 23.2 Å². The molecule has 0 saturated carbocycles. The summed E-state index contributed by atoms with van der Waals surface area (Å²) in [5, 5.41) is 2.93. The summed E-state index contributed by atoms with van der Waals surface area (Å²) in [6.07, 6.45) is 2.03. The lowest BCUT2D eigenvalue weighted by Crippen LogP contribution is -2.26. The molecule has 1 heterocycles. The summed E-state index contributed by atoms with van der Waals surface area (Å²) in [4.78, 5) is 12.2. The van der Waals surface area contributed by atoms with Gasteiger partial charge in [0.2, 0.25) is 0 Å². The Balaban J connectivity index is 1.88. The van der Waals surface area contributed by atoms with Gasteiger partial charge in [-0.05, 0) is 37.0 Å². The molecule has 0 unspecified atom stereocenters. The molecule has 1 aromatic carbocycles. The molecule has 1 atom stereocenters. The van der Waals surface area contributed by atoms with Crippen LogP contribution < -0.4 is 20.5 Å². The van der Waals surface area contributed by atoms with Gasteiger partial charge in [0.05, 0.1) is 7.11 Å². The average molecular weight is 308 g/mol. The van der Waals surface area contributed by atoms with Crippen molar-refractivity contribution in [3.05, 3.63) is 23.8 Å². The maximum atomic E-state index is 12.2. The highest BCUT2D eigenvalue weighted by Crippen LogP contribution is 2.28. The van der Waals surface area contributed by atoms with E-state index in [0.717, 1.165) is 26.1 Å². The van der Waals surface area contributed by atoms with E-state index < -0.39 is 0 Å². The van der Waals surface area contributed by atoms with E-state index in [0.29, 0.717) is 42.7 Å². The molecular formula is C16H24N2O4. The van der Waals surface area contributed by atoms with Crippen LogP contribution in [0.15, 0.2) is 18.2 Å². The van der Waals surface area contributed by atoms with Crippen LogP contribution in [0.4, 0.5) is 0 Å². The molecule has 1 aromatic rings. The number of hydrogen-bond donors (Lipinski definition) is 2. The van der Waals surface area contributed by atoms with Crippen LogP contribution in [-0.2, 0) is 4.74 Å². The van der Waals surface area contributed by atoms with E-state index in [1.54, 1.807) is 25.3 Å². The lowest BCUT2D eigenvalue weighted by atomic mass is 10.1. The van der Waals surface area contributed by atoms with Crippen LogP contribution in [0.2, 0.25) is 0 Å². The van der Waals surface area contributed by atoms with Crippen molar-refractivity contribution in [3.8, 4) is 11.5 Å². The highest BCUT2D eigenvalue weighted by atomic mass is 16.5. The Kier molecular flexibility index (Phi) is 6.48. The van der Waals surface area contributed by atoms with Gasteiger partial charge in [-0.3, -0.25) is 4.79 Å². The molecular weight excluding hydrogens is 284 g/mol. The van der Waals surface area contributed by atoms with Crippen molar-refractivity contribution in [3.63, 3.8) is 0 Å². The molecule has 1 aliphatic rings. The van der Waals surface area contributed by atoms with Gasteiger partial charge in [0.15, 0.2) is 11.5 Å². The van der Waals surface area contributed by atoms with Gasteiger partial charge in [-0.25, -0.2) is 0 Å². The SMILES string of the molecule is COc1cc(C(=O)NCC[C@@H]2CCOC2)ccc1OCCN. The smallest absolute Gasteiger partial charge is 0.251 e. The van der Waals surface area contributed by atoms with Gasteiger partial charge in [-0.1, -0.05) is 0 Å². The lowest BCUT2D eigenvalue weighted by molar-refractivity contribution is 0.0950. The van der Waals surface area contributed by atoms with Crippen molar-refractivity contribution in [2.45, 2.75) is 12.8 Å². The molecule has 1 aliphatic heterocycles. The molecule has 3 N–H and O–H groups in total. The number of nitrogens with one attached hydrogen (secondary N) is 1. The average Bonchev–Trinajstić information content (AvgIpc) is 3.06. The van der Waals surface area contributed by atoms with Gasteiger partial charge in [0.1, 0.15) is 6.61 Å². The van der Waals surface area contributed by atoms with Crippen molar-refractivity contribution in [2.75, 3.05) is 40.0 Å². The Morgan fingerprint density at radius 1 is 1.45 bits per heavy atom. The Morgan fingerprint density at radius 3 is 3.00 bits per heavy atom. The quantitative estimate of drug-likeness (QED) is 0.754. The first-order valence-electron chi connectivity index (χ1n) is 7.61. The van der Waals surface area contributed by atoms with Gasteiger partial charge in [-0.15, -0.1) is 0 Å². The number of benzene rings is 1. The Hall–Kier alpha value is -1.79. The van der Waals surface area contributed by atoms with Gasteiger partial charge >= 0.3 is 0 Å². The van der Waals surface area contributed by atoms with Gasteiger partial charge in [-0.2, -0.15) is 0 Å². The highest BCUT2D eigenvalue weighted by molar-refractivity contribution is 5.94. The minimum absolute atomic E-state index is 0.109. The van der Waals surface area contributed by atoms with Gasteiger partial charge in [0.25, 0.3) is 5.91 Å². The minimum atomic E-state index is -0.109. The second-order valence-corrected chi connectivity index (χ2v) is 5.28. The van der Waals surface area contributed by atoms with Crippen molar-refractivity contribution >= 4 is 5.91 Å². The Bertz CT molecular complexity index is 487. The lowest BCUT2D eigenvalue weighted by Gasteiger charge is -2.12. The second-order valence-electron chi connectivity index (χ2n) is 5.28. The predicted octanol–water partition coefficient (Wildman–Crippen LogP) is 1.19. The summed E-state index contributed by atoms with van der Waals surface area (Å²) in [6.45, 7) is 3.12. The molecule has 2 rings (SSSR count). The molecule has 22 heavy (non-hydrogen) atoms. The number of amides is 1. The number of ether oxygens (including phenoxy) is 3. The second kappa shape index (κ2) is 8.60. The topological polar surface area (TPSA) is 82.8 Å². The molecule has 1 saturated heterocycles. The first-order chi connectivity index (χ1) is 10.7. The van der Waals surface area contributed by atoms with Gasteiger partial charge in [0, 0.05) is 31.9 Å². The molecule has 6 nitrogen and oxygen atoms in total. The van der Waals surface area contributed by atoms with E-state index in [9.17, 15) is 4.79 Å². The van der Waals surface area contributed by atoms with Crippen LogP contribution in [-0.4, -0.2) is 45.9 Å². The molecule has 1 fully saturated rings. The van der Waals surface area contributed by atoms with Gasteiger partial charge < -0.3 is 25.3 Å². The minimum Gasteiger partial charge on any atom is -0.493 e. The first kappa shape index (κ1) is 16.6. The summed E-state index contributed by atoms with van der Waals surface area (Å²) in [6, 6.07) is 5.14. The zero-order chi connectivity index (χ0) is 15.8. The Labute approximate surface area is 130 Å². The van der Waals surface area contributed by atoms with Crippen molar-refractivity contribution < 1.29 is 19.0 Å². The molecule has 0 aliphatic carbocycles. The summed E-state index contributed by atoms with van der Waals surface area (Å²) in [5.74, 6) is 1.57. The maximum absolute atomic E-state index is 12.2. The normalized spacial score (nSPS) is 17.3. The van der Waals surface area contributed by atoms with E-state index in [4.69, 9.17) is 19.9 Å². The zero-order valence-electron chi connectivity index (χ0n) is 13.0. The molecule has 0 radical (unpaired) electrons. The van der Waals surface area contributed by atoms with Crippen LogP contribution >= 0.6 is 0 Å². The number of methoxy groups -OCH3 is 1. The van der Waals surface area contributed by atoms with Crippen LogP contribution in [0.3, 0.4) is 0 Å². The standard InChI is InChI=1S/C16H24N2O4/c1-20-15-10-13(2-3-14(15)22-9-6-17)16(19)18-7-4-12-5-8-21-11-12/h2-3,10,12H,4-9,11,17H2,1H3,(H,18,19)/t12-/m1/s1. The number of carbonyl (C=O) groups excluding carboxylic acids is 1. The van der Waals surface area contributed by atoms with E-state index in [1.807, 2.05) is 0 Å². The molecule has 0 spiro atoms. The third-order valence-electron chi connectivity index (χ3n) is 3.66. The number of carbonyl (C=O) groups is 1. The number of rotatable bonds is 8. The predicted molar refractivity (Wildman–Crippen MR) is 83.4 cm³/mol. The van der Waals surface area contributed by atoms with E-state index in [-0.39, 0.29) is 5.91 Å². The molecule has 1 amide bonds. The van der Waals surface area contributed by atoms with Crippen LogP contribution in [0.5, 0.6) is 11.5 Å². The fourth-order valence-corrected chi connectivity index (χ4v) is 2.40. The number of nitrogens with two attached hydrogens (primary N) is 1. The highest BCUT2D eigenvalue weighted by Gasteiger charge is 2.16. The van der Waals surface area contributed by atoms with Crippen molar-refractivity contribution in [1.29, 1.82) is 0 Å². The van der Waals surface area contributed by atoms with E-state index >= 15 is 0 Å². The third kappa shape index (κ3) is 4.61. The van der Waals surface area contributed by atoms with Crippen molar-refractivity contribution in [2.24, 2.45) is 11.7 Å². The molecule has 122 valence electrons. The molecule has 0 bridgehead atoms. The van der Waals surface area contributed by atoms with Crippen LogP contribution in [0, 0.1) is 5.92 Å². The Morgan fingerprint density at radius 2 is 2.32 bits per heavy atom. The fourth-order valence-electron chi connectivity index (χ4n) is 2.40. The summed E-state index contributed by atoms with van der Waals surface area (Å²) >= 11 is 0. The maximum Gasteiger partial charge on any atom is 0.251 e. The fraction of sp³-hybridized carbons (Fsp3) is 0.562. The summed E-state index contributed by atoms with van der Waals surface area (Å²) < 4.78 is 16.0. The van der Waals surface area contributed by atoms with E-state index in [2.05, 4.69) is 5.32 Å². The summed E-state index contributed by atoms with van der Waals surface area (Å²) in [7, 11) is 1.55. The van der Waals surface area contributed by atoms with Crippen molar-refractivity contribution in [1.82, 2.24) is 5.32 Å². The van der Waals surface area contributed by atoms with E-state index in [1.165, 1.54) is 0 Å². The third-order valence-corrected chi connectivity index (χ3v) is 3.66. The number of hydrogen-bond acceptors (Lipinski definition) is 5. The first-order valence-corrected chi connectivity index (χ1v) is 7.61. The summed E-state index contributed by atoms with van der Waals surface area (Å²) in [5.41, 5.74) is 5.97. The van der Waals surface area contributed by atoms with Crippen LogP contribution in [0.25, 0.3) is 0 Å². The monoisotopic (exact) mass is 308 g/mol. The largest absolute Gasteiger partial charge is 0.493 e. The molecule has 6 heteroatoms. The zero-order valence-corrected chi connectivity index (χ0v) is 13.0. The molecule has 0 aromatic heterocycles.